The molecule has 0 saturated carbocycles. The molecule has 4 rings (SSSR count). The van der Waals surface area contributed by atoms with Crippen LogP contribution >= 0.6 is 15.9 Å². The van der Waals surface area contributed by atoms with Gasteiger partial charge in [0.1, 0.15) is 24.0 Å². The molecule has 0 unspecified atom stereocenters. The molecule has 1 aromatic carbocycles. The van der Waals surface area contributed by atoms with Crippen molar-refractivity contribution in [2.45, 2.75) is 13.8 Å². The van der Waals surface area contributed by atoms with Crippen molar-refractivity contribution in [2.75, 3.05) is 7.11 Å². The summed E-state index contributed by atoms with van der Waals surface area (Å²) in [5.41, 5.74) is 2.93. The predicted octanol–water partition coefficient (Wildman–Crippen LogP) is 3.76. The molecular weight excluding hydrogens is 436 g/mol. The van der Waals surface area contributed by atoms with Crippen molar-refractivity contribution in [1.29, 1.82) is 5.26 Å². The maximum Gasteiger partial charge on any atom is 0.166 e. The van der Waals surface area contributed by atoms with Crippen LogP contribution in [0.2, 0.25) is 0 Å². The second-order valence-corrected chi connectivity index (χ2v) is 7.24. The summed E-state index contributed by atoms with van der Waals surface area (Å²) in [7, 11) is 1.60. The third-order valence-electron chi connectivity index (χ3n) is 4.51. The van der Waals surface area contributed by atoms with Gasteiger partial charge in [0, 0.05) is 11.8 Å². The molecule has 0 aliphatic carbocycles. The normalized spacial score (nSPS) is 10.9. The Balaban J connectivity index is 1.95. The highest BCUT2D eigenvalue weighted by molar-refractivity contribution is 9.10. The van der Waals surface area contributed by atoms with Crippen LogP contribution < -0.4 is 4.74 Å². The number of hydrogen-bond acceptors (Lipinski definition) is 6. The first-order valence-electron chi connectivity index (χ1n) is 8.63. The molecule has 0 spiro atoms. The average Bonchev–Trinajstić information content (AvgIpc) is 3.29. The molecule has 8 nitrogen and oxygen atoms in total. The second kappa shape index (κ2) is 7.14. The molecular formula is C20H15BrN6O2. The minimum Gasteiger partial charge on any atom is -0.495 e. The summed E-state index contributed by atoms with van der Waals surface area (Å²) in [4.78, 5) is 21.3. The van der Waals surface area contributed by atoms with E-state index in [4.69, 9.17) is 10.00 Å². The number of benzene rings is 1. The van der Waals surface area contributed by atoms with Crippen LogP contribution in [0.1, 0.15) is 28.7 Å². The summed E-state index contributed by atoms with van der Waals surface area (Å²) >= 11 is 3.46. The van der Waals surface area contributed by atoms with E-state index >= 15 is 0 Å². The Morgan fingerprint density at radius 1 is 1.28 bits per heavy atom. The van der Waals surface area contributed by atoms with Crippen molar-refractivity contribution in [2.24, 2.45) is 0 Å². The number of imidazole rings is 1. The maximum atomic E-state index is 12.2. The van der Waals surface area contributed by atoms with Crippen molar-refractivity contribution in [3.8, 4) is 23.5 Å². The molecule has 0 N–H and O–H groups in total. The number of carbonyl (C=O) groups excluding carboxylic acids is 1. The quantitative estimate of drug-likeness (QED) is 0.438. The van der Waals surface area contributed by atoms with Crippen LogP contribution in [0.15, 0.2) is 41.1 Å². The smallest absolute Gasteiger partial charge is 0.166 e. The summed E-state index contributed by atoms with van der Waals surface area (Å²) in [6.45, 7) is 3.28. The highest BCUT2D eigenvalue weighted by Crippen LogP contribution is 2.31. The van der Waals surface area contributed by atoms with Gasteiger partial charge in [-0.3, -0.25) is 9.36 Å². The number of ketones is 1. The number of hydrogen-bond donors (Lipinski definition) is 0. The molecule has 0 atom stereocenters. The Morgan fingerprint density at radius 3 is 2.72 bits per heavy atom. The van der Waals surface area contributed by atoms with Crippen LogP contribution in [0.4, 0.5) is 0 Å². The summed E-state index contributed by atoms with van der Waals surface area (Å²) in [6.07, 6.45) is 1.66. The Bertz CT molecular complexity index is 1310. The van der Waals surface area contributed by atoms with Gasteiger partial charge in [-0.15, -0.1) is 0 Å². The number of halogens is 1. The number of aromatic nitrogens is 5. The van der Waals surface area contributed by atoms with E-state index < -0.39 is 0 Å². The fraction of sp³-hybridized carbons (Fsp3) is 0.150. The van der Waals surface area contributed by atoms with Crippen molar-refractivity contribution in [1.82, 2.24) is 24.3 Å². The topological polar surface area (TPSA) is 98.6 Å². The highest BCUT2D eigenvalue weighted by atomic mass is 79.9. The Labute approximate surface area is 174 Å². The monoisotopic (exact) mass is 450 g/mol. The number of ether oxygens (including phenoxy) is 1. The number of nitrogens with zero attached hydrogens (tertiary/aromatic N) is 6. The Hall–Kier alpha value is -3.51. The molecule has 0 aliphatic heterocycles. The van der Waals surface area contributed by atoms with Crippen LogP contribution in [0.25, 0.3) is 22.7 Å². The number of aryl methyl sites for hydroxylation is 1. The van der Waals surface area contributed by atoms with Crippen LogP contribution in [0, 0.1) is 18.3 Å². The third kappa shape index (κ3) is 3.17. The van der Waals surface area contributed by atoms with Crippen molar-refractivity contribution in [3.05, 3.63) is 58.1 Å². The van der Waals surface area contributed by atoms with Gasteiger partial charge in [0.15, 0.2) is 17.3 Å². The predicted molar refractivity (Wildman–Crippen MR) is 110 cm³/mol. The largest absolute Gasteiger partial charge is 0.495 e. The van der Waals surface area contributed by atoms with E-state index in [9.17, 15) is 4.79 Å². The minimum absolute atomic E-state index is 0.145. The fourth-order valence-electron chi connectivity index (χ4n) is 3.10. The van der Waals surface area contributed by atoms with Gasteiger partial charge >= 0.3 is 0 Å². The molecule has 4 aromatic rings. The summed E-state index contributed by atoms with van der Waals surface area (Å²) in [5.74, 6) is 1.44. The molecule has 0 radical (unpaired) electrons. The van der Waals surface area contributed by atoms with Crippen LogP contribution in [-0.4, -0.2) is 37.2 Å². The summed E-state index contributed by atoms with van der Waals surface area (Å²) in [5, 5.41) is 13.4. The molecule has 0 aliphatic rings. The van der Waals surface area contributed by atoms with Gasteiger partial charge in [0.25, 0.3) is 0 Å². The molecule has 3 aromatic heterocycles. The van der Waals surface area contributed by atoms with Crippen molar-refractivity contribution < 1.29 is 9.53 Å². The van der Waals surface area contributed by atoms with E-state index in [2.05, 4.69) is 31.0 Å². The zero-order valence-corrected chi connectivity index (χ0v) is 17.4. The van der Waals surface area contributed by atoms with Crippen molar-refractivity contribution in [3.63, 3.8) is 0 Å². The first-order chi connectivity index (χ1) is 13.9. The molecule has 0 bridgehead atoms. The van der Waals surface area contributed by atoms with Gasteiger partial charge < -0.3 is 4.74 Å². The van der Waals surface area contributed by atoms with Gasteiger partial charge in [-0.25, -0.2) is 14.6 Å². The van der Waals surface area contributed by atoms with Gasteiger partial charge in [-0.05, 0) is 54.0 Å². The van der Waals surface area contributed by atoms with Crippen LogP contribution in [0.5, 0.6) is 5.75 Å². The number of methoxy groups -OCH3 is 1. The van der Waals surface area contributed by atoms with Gasteiger partial charge in [-0.1, -0.05) is 0 Å². The Kier molecular flexibility index (Phi) is 4.64. The lowest BCUT2D eigenvalue weighted by Crippen LogP contribution is -2.11. The first-order valence-corrected chi connectivity index (χ1v) is 9.42. The zero-order chi connectivity index (χ0) is 20.7. The van der Waals surface area contributed by atoms with E-state index in [-0.39, 0.29) is 11.5 Å². The van der Waals surface area contributed by atoms with E-state index in [1.54, 1.807) is 38.6 Å². The third-order valence-corrected chi connectivity index (χ3v) is 5.13. The molecule has 0 fully saturated rings. The molecule has 0 saturated heterocycles. The molecule has 9 heteroatoms. The maximum absolute atomic E-state index is 12.2. The molecule has 0 amide bonds. The summed E-state index contributed by atoms with van der Waals surface area (Å²) < 4.78 is 9.51. The van der Waals surface area contributed by atoms with E-state index in [1.165, 1.54) is 11.6 Å². The van der Waals surface area contributed by atoms with Gasteiger partial charge in [0.05, 0.1) is 28.2 Å². The number of fused-ring (bicyclic) bond motifs is 1. The lowest BCUT2D eigenvalue weighted by Gasteiger charge is -2.12. The lowest BCUT2D eigenvalue weighted by molar-refractivity contribution is 0.101. The summed E-state index contributed by atoms with van der Waals surface area (Å²) in [6, 6.07) is 10.8. The fourth-order valence-corrected chi connectivity index (χ4v) is 3.60. The highest BCUT2D eigenvalue weighted by Gasteiger charge is 2.18. The SMILES string of the molecule is COc1cc2c(cc1Br)ncn2-c1ccc(C(C)=O)c(-n2nc(C#N)cc2C)n1. The van der Waals surface area contributed by atoms with Crippen molar-refractivity contribution >= 4 is 32.7 Å². The number of rotatable bonds is 4. The second-order valence-electron chi connectivity index (χ2n) is 6.38. The van der Waals surface area contributed by atoms with E-state index in [0.717, 1.165) is 15.5 Å². The van der Waals surface area contributed by atoms with Gasteiger partial charge in [-0.2, -0.15) is 10.4 Å². The standard InChI is InChI=1S/C20H15BrN6O2/c1-11-6-13(9-22)25-27(11)20-14(12(2)28)4-5-19(24-20)26-10-23-16-7-15(21)18(29-3)8-17(16)26/h4-8,10H,1-3H3. The van der Waals surface area contributed by atoms with E-state index in [1.807, 2.05) is 22.8 Å². The number of carbonyl (C=O) groups is 1. The average molecular weight is 451 g/mol. The Morgan fingerprint density at radius 2 is 2.07 bits per heavy atom. The van der Waals surface area contributed by atoms with Crippen LogP contribution in [-0.2, 0) is 0 Å². The molecule has 29 heavy (non-hydrogen) atoms. The number of Topliss-reactive ketones (excluding diaryl/α,β-unsaturated/α-hetero) is 1. The van der Waals surface area contributed by atoms with E-state index in [0.29, 0.717) is 28.6 Å². The number of nitriles is 1. The first kappa shape index (κ1) is 18.8. The molecule has 144 valence electrons. The van der Waals surface area contributed by atoms with Crippen LogP contribution in [0.3, 0.4) is 0 Å². The zero-order valence-electron chi connectivity index (χ0n) is 15.8. The minimum atomic E-state index is -0.145. The number of pyridine rings is 1. The molecule has 3 heterocycles. The lowest BCUT2D eigenvalue weighted by atomic mass is 10.2. The van der Waals surface area contributed by atoms with Gasteiger partial charge in [0.2, 0.25) is 0 Å².